The monoisotopic (exact) mass is 636 g/mol. The van der Waals surface area contributed by atoms with Crippen LogP contribution in [-0.2, 0) is 17.5 Å². The summed E-state index contributed by atoms with van der Waals surface area (Å²) in [6.45, 7) is 4.03. The van der Waals surface area contributed by atoms with Crippen LogP contribution in [0, 0.1) is 11.3 Å². The molecule has 8 heterocycles. The topological polar surface area (TPSA) is 155 Å². The molecule has 6 aliphatic rings. The predicted molar refractivity (Wildman–Crippen MR) is 158 cm³/mol. The van der Waals surface area contributed by atoms with E-state index in [9.17, 15) is 14.0 Å². The number of hydrogen-bond acceptors (Lipinski definition) is 13. The maximum Gasteiger partial charge on any atom is 0.320 e. The lowest BCUT2D eigenvalue weighted by atomic mass is 9.72. The molecule has 12 nitrogen and oxygen atoms in total. The summed E-state index contributed by atoms with van der Waals surface area (Å²) in [5, 5.41) is 18.2. The number of hydrogen-bond donors (Lipinski definition) is 2. The summed E-state index contributed by atoms with van der Waals surface area (Å²) in [6, 6.07) is 2.28. The van der Waals surface area contributed by atoms with Crippen LogP contribution in [0.2, 0.25) is 0 Å². The van der Waals surface area contributed by atoms with E-state index in [1.807, 2.05) is 6.92 Å². The summed E-state index contributed by atoms with van der Waals surface area (Å²) >= 11 is 1.44. The van der Waals surface area contributed by atoms with Crippen LogP contribution in [0.15, 0.2) is 4.52 Å². The first-order valence-electron chi connectivity index (χ1n) is 15.9. The Bertz CT molecular complexity index is 1750. The van der Waals surface area contributed by atoms with E-state index in [0.29, 0.717) is 61.1 Å². The minimum atomic E-state index is -0.905. The number of fused-ring (bicyclic) bond motifs is 2. The van der Waals surface area contributed by atoms with Crippen molar-refractivity contribution in [2.45, 2.75) is 99.3 Å². The van der Waals surface area contributed by atoms with E-state index in [-0.39, 0.29) is 41.9 Å². The molecule has 7 atom stereocenters. The zero-order valence-electron chi connectivity index (χ0n) is 24.9. The van der Waals surface area contributed by atoms with Gasteiger partial charge in [-0.3, -0.25) is 15.1 Å². The molecule has 5 fully saturated rings. The molecular formula is C30H34F2N10O2S. The summed E-state index contributed by atoms with van der Waals surface area (Å²) in [6.07, 6.45) is 4.10. The van der Waals surface area contributed by atoms with Gasteiger partial charge in [0.05, 0.1) is 22.6 Å². The molecule has 3 N–H and O–H groups in total. The number of nitrogens with two attached hydrogens (primary N) is 1. The largest absolute Gasteiger partial charge is 0.461 e. The van der Waals surface area contributed by atoms with Crippen molar-refractivity contribution in [3.8, 4) is 23.7 Å². The Morgan fingerprint density at radius 2 is 2.07 bits per heavy atom. The number of aryl methyl sites for hydroxylation is 1. The first-order valence-corrected chi connectivity index (χ1v) is 16.7. The Kier molecular flexibility index (Phi) is 5.96. The van der Waals surface area contributed by atoms with Crippen LogP contribution in [0.5, 0.6) is 6.01 Å². The van der Waals surface area contributed by atoms with Crippen molar-refractivity contribution >= 4 is 16.3 Å². The molecule has 3 aromatic heterocycles. The lowest BCUT2D eigenvalue weighted by molar-refractivity contribution is -0.0588. The number of nitriles is 1. The molecule has 236 valence electrons. The van der Waals surface area contributed by atoms with Gasteiger partial charge in [-0.1, -0.05) is 5.16 Å². The van der Waals surface area contributed by atoms with Crippen molar-refractivity contribution in [2.24, 2.45) is 0 Å². The molecule has 45 heavy (non-hydrogen) atoms. The summed E-state index contributed by atoms with van der Waals surface area (Å²) in [4.78, 5) is 24.5. The SMILES string of the molecule is C[C@]1(c2nc(-c3nc(OC[C@@]45CCCN4C[C@H](F)C5)nc(C45C[C@H]6C[C@H](F)[C@@H](CN4)N65)n3)no2)CCCc2sc(N)c(C#N)c21. The molecule has 0 radical (unpaired) electrons. The van der Waals surface area contributed by atoms with Crippen LogP contribution >= 0.6 is 11.3 Å². The van der Waals surface area contributed by atoms with Crippen molar-refractivity contribution < 1.29 is 18.0 Å². The van der Waals surface area contributed by atoms with E-state index in [2.05, 4.69) is 31.3 Å². The summed E-state index contributed by atoms with van der Waals surface area (Å²) < 4.78 is 41.5. The average Bonchev–Trinajstić information content (AvgIpc) is 3.83. The first kappa shape index (κ1) is 27.9. The number of ether oxygens (including phenoxy) is 1. The molecule has 0 aromatic carbocycles. The Labute approximate surface area is 262 Å². The number of anilines is 1. The summed E-state index contributed by atoms with van der Waals surface area (Å²) in [5.41, 5.74) is 5.74. The van der Waals surface area contributed by atoms with E-state index in [1.54, 1.807) is 0 Å². The second-order valence-electron chi connectivity index (χ2n) is 13.8. The average molecular weight is 637 g/mol. The number of nitrogens with one attached hydrogen (secondary N) is 1. The van der Waals surface area contributed by atoms with Crippen LogP contribution in [0.25, 0.3) is 11.6 Å². The first-order chi connectivity index (χ1) is 21.7. The third kappa shape index (κ3) is 3.85. The van der Waals surface area contributed by atoms with E-state index in [4.69, 9.17) is 29.9 Å². The van der Waals surface area contributed by atoms with Crippen LogP contribution in [-0.4, -0.2) is 91.1 Å². The smallest absolute Gasteiger partial charge is 0.320 e. The summed E-state index contributed by atoms with van der Waals surface area (Å²) in [7, 11) is 0. The van der Waals surface area contributed by atoms with Crippen LogP contribution in [0.3, 0.4) is 0 Å². The van der Waals surface area contributed by atoms with Gasteiger partial charge in [-0.2, -0.15) is 20.2 Å². The fourth-order valence-corrected chi connectivity index (χ4v) is 10.4. The fraction of sp³-hybridized carbons (Fsp3) is 0.667. The van der Waals surface area contributed by atoms with Crippen molar-refractivity contribution in [1.82, 2.24) is 40.2 Å². The molecule has 0 bridgehead atoms. The van der Waals surface area contributed by atoms with Gasteiger partial charge >= 0.3 is 6.01 Å². The normalized spacial score (nSPS) is 36.8. The van der Waals surface area contributed by atoms with Crippen molar-refractivity contribution in [3.63, 3.8) is 0 Å². The highest BCUT2D eigenvalue weighted by molar-refractivity contribution is 7.16. The zero-order valence-corrected chi connectivity index (χ0v) is 25.7. The van der Waals surface area contributed by atoms with E-state index < -0.39 is 23.4 Å². The van der Waals surface area contributed by atoms with Gasteiger partial charge in [-0.15, -0.1) is 11.3 Å². The Balaban J connectivity index is 1.10. The second-order valence-corrected chi connectivity index (χ2v) is 15.0. The number of nitrogens with zero attached hydrogens (tertiary/aromatic N) is 8. The van der Waals surface area contributed by atoms with Gasteiger partial charge in [-0.25, -0.2) is 13.8 Å². The van der Waals surface area contributed by atoms with Crippen LogP contribution in [0.4, 0.5) is 13.8 Å². The molecule has 15 heteroatoms. The Morgan fingerprint density at radius 1 is 1.18 bits per heavy atom. The number of halogens is 2. The van der Waals surface area contributed by atoms with Crippen molar-refractivity contribution in [3.05, 3.63) is 27.7 Å². The minimum Gasteiger partial charge on any atom is -0.461 e. The highest BCUT2D eigenvalue weighted by atomic mass is 32.1. The number of thiophene rings is 1. The molecule has 0 spiro atoms. The number of alkyl halides is 2. The molecule has 9 rings (SSSR count). The van der Waals surface area contributed by atoms with Gasteiger partial charge in [0.25, 0.3) is 0 Å². The number of nitrogen functional groups attached to an aromatic ring is 1. The molecular weight excluding hydrogens is 602 g/mol. The number of rotatable bonds is 6. The lowest BCUT2D eigenvalue weighted by Gasteiger charge is -2.51. The Morgan fingerprint density at radius 3 is 2.93 bits per heavy atom. The molecule has 0 saturated carbocycles. The highest BCUT2D eigenvalue weighted by Gasteiger charge is 2.67. The number of aromatic nitrogens is 5. The maximum absolute atomic E-state index is 14.8. The third-order valence-corrected chi connectivity index (χ3v) is 12.4. The van der Waals surface area contributed by atoms with Crippen molar-refractivity contribution in [1.29, 1.82) is 5.26 Å². The minimum absolute atomic E-state index is 0.104. The standard InChI is InChI=1S/C30H34F2N10O2S/c1-28(5-2-4-20-21(28)17(11-33)22(34)45-20)26-37-24(40-44-26)23-36-25(30-10-16-8-18(32)19(12-35-30)42(16)30)39-27(38-23)43-14-29-6-3-7-41(29)13-15(31)9-29/h15-16,18-19,35H,2-10,12-14,34H2,1H3/t15-,16-,18+,19-,28+,29+,30?/m1/s1. The molecule has 5 saturated heterocycles. The van der Waals surface area contributed by atoms with E-state index in [0.717, 1.165) is 42.7 Å². The van der Waals surface area contributed by atoms with E-state index >= 15 is 0 Å². The fourth-order valence-electron chi connectivity index (χ4n) is 9.24. The van der Waals surface area contributed by atoms with Gasteiger partial charge in [0.15, 0.2) is 5.82 Å². The molecule has 1 aliphatic carbocycles. The molecule has 5 aliphatic heterocycles. The zero-order chi connectivity index (χ0) is 30.7. The predicted octanol–water partition coefficient (Wildman–Crippen LogP) is 2.98. The van der Waals surface area contributed by atoms with Gasteiger partial charge in [-0.05, 0) is 52.0 Å². The summed E-state index contributed by atoms with van der Waals surface area (Å²) in [5.74, 6) is 1.15. The van der Waals surface area contributed by atoms with Gasteiger partial charge in [0.1, 0.15) is 35.7 Å². The Hall–Kier alpha value is -3.32. The molecule has 3 aromatic rings. The van der Waals surface area contributed by atoms with Crippen LogP contribution < -0.4 is 15.8 Å². The van der Waals surface area contributed by atoms with Gasteiger partial charge in [0, 0.05) is 42.4 Å². The van der Waals surface area contributed by atoms with Crippen molar-refractivity contribution in [2.75, 3.05) is 32.0 Å². The molecule has 1 unspecified atom stereocenters. The third-order valence-electron chi connectivity index (χ3n) is 11.3. The maximum atomic E-state index is 14.8. The second kappa shape index (κ2) is 9.60. The van der Waals surface area contributed by atoms with Crippen LogP contribution in [0.1, 0.15) is 79.6 Å². The highest BCUT2D eigenvalue weighted by Crippen LogP contribution is 2.54. The quantitative estimate of drug-likeness (QED) is 0.409. The van der Waals surface area contributed by atoms with Gasteiger partial charge < -0.3 is 15.0 Å². The van der Waals surface area contributed by atoms with Gasteiger partial charge in [0.2, 0.25) is 17.5 Å². The lowest BCUT2D eigenvalue weighted by Crippen LogP contribution is -2.64. The van der Waals surface area contributed by atoms with E-state index in [1.165, 1.54) is 11.3 Å². The molecule has 0 amide bonds.